The summed E-state index contributed by atoms with van der Waals surface area (Å²) in [6.07, 6.45) is 1.64. The minimum atomic E-state index is -2.99. The monoisotopic (exact) mass is 191 g/mol. The molecule has 0 aromatic rings. The average Bonchev–Trinajstić information content (AvgIpc) is 1.80. The summed E-state index contributed by atoms with van der Waals surface area (Å²) in [6, 6.07) is 0. The maximum Gasteiger partial charge on any atom is 0.220 e. The Balaban J connectivity index is 4.02. The summed E-state index contributed by atoms with van der Waals surface area (Å²) < 4.78 is 10.8. The molecule has 0 aliphatic carbocycles. The van der Waals surface area contributed by atoms with Gasteiger partial charge in [0.1, 0.15) is 0 Å². The van der Waals surface area contributed by atoms with Gasteiger partial charge >= 0.3 is 0 Å². The number of rotatable bonds is 3. The Labute approximate surface area is 72.1 Å². The number of allylic oxidation sites excluding steroid dienone is 2. The maximum atomic E-state index is 10.8. The number of carbonyl (C=O) groups excluding carboxylic acids is 1. The fourth-order valence-corrected chi connectivity index (χ4v) is 1.25. The lowest BCUT2D eigenvalue weighted by molar-refractivity contribution is -0.118. The third-order valence-corrected chi connectivity index (χ3v) is 1.97. The number of amides is 1. The molecule has 5 heteroatoms. The van der Waals surface area contributed by atoms with Gasteiger partial charge in [-0.15, -0.1) is 0 Å². The van der Waals surface area contributed by atoms with Gasteiger partial charge in [-0.3, -0.25) is 9.36 Å². The molecule has 4 nitrogen and oxygen atoms in total. The standard InChI is InChI=1S/C7H14NO3P/c1-6(8-7(2)9)4-5-12(3,10)11/h4H,5H2,1-3H3,(H,8,9)(H,10,11)/b6-4-. The van der Waals surface area contributed by atoms with Crippen LogP contribution in [0.25, 0.3) is 0 Å². The van der Waals surface area contributed by atoms with Crippen LogP contribution in [0.15, 0.2) is 11.8 Å². The average molecular weight is 191 g/mol. The maximum absolute atomic E-state index is 10.8. The molecule has 0 saturated carbocycles. The summed E-state index contributed by atoms with van der Waals surface area (Å²) in [5, 5.41) is 2.51. The lowest BCUT2D eigenvalue weighted by Crippen LogP contribution is -2.17. The van der Waals surface area contributed by atoms with Gasteiger partial charge in [0, 0.05) is 25.4 Å². The Morgan fingerprint density at radius 2 is 2.08 bits per heavy atom. The fraction of sp³-hybridized carbons (Fsp3) is 0.571. The zero-order valence-electron chi connectivity index (χ0n) is 7.50. The summed E-state index contributed by atoms with van der Waals surface area (Å²) in [5.41, 5.74) is 0.610. The molecule has 70 valence electrons. The molecule has 12 heavy (non-hydrogen) atoms. The highest BCUT2D eigenvalue weighted by Gasteiger charge is 2.06. The zero-order chi connectivity index (χ0) is 9.78. The number of nitrogens with one attached hydrogen (secondary N) is 1. The van der Waals surface area contributed by atoms with E-state index in [1.165, 1.54) is 13.6 Å². The van der Waals surface area contributed by atoms with E-state index < -0.39 is 7.37 Å². The lowest BCUT2D eigenvalue weighted by Gasteiger charge is -2.03. The Morgan fingerprint density at radius 1 is 1.58 bits per heavy atom. The molecule has 0 heterocycles. The normalized spacial score (nSPS) is 16.8. The van der Waals surface area contributed by atoms with Crippen molar-refractivity contribution in [1.82, 2.24) is 5.32 Å². The molecule has 1 unspecified atom stereocenters. The first-order valence-corrected chi connectivity index (χ1v) is 5.84. The predicted octanol–water partition coefficient (Wildman–Crippen LogP) is 0.927. The Bertz CT molecular complexity index is 241. The van der Waals surface area contributed by atoms with Crippen LogP contribution in [-0.4, -0.2) is 23.6 Å². The van der Waals surface area contributed by atoms with Crippen molar-refractivity contribution in [3.63, 3.8) is 0 Å². The van der Waals surface area contributed by atoms with Gasteiger partial charge in [0.15, 0.2) is 0 Å². The van der Waals surface area contributed by atoms with Gasteiger partial charge in [0.2, 0.25) is 13.3 Å². The molecule has 0 spiro atoms. The van der Waals surface area contributed by atoms with Crippen LogP contribution in [0, 0.1) is 0 Å². The predicted molar refractivity (Wildman–Crippen MR) is 48.2 cm³/mol. The van der Waals surface area contributed by atoms with Crippen LogP contribution in [0.2, 0.25) is 0 Å². The molecule has 0 bridgehead atoms. The topological polar surface area (TPSA) is 66.4 Å². The van der Waals surface area contributed by atoms with Crippen molar-refractivity contribution in [3.05, 3.63) is 11.8 Å². The molecule has 0 aromatic carbocycles. The van der Waals surface area contributed by atoms with Gasteiger partial charge in [-0.2, -0.15) is 0 Å². The summed E-state index contributed by atoms with van der Waals surface area (Å²) in [6.45, 7) is 4.35. The zero-order valence-corrected chi connectivity index (χ0v) is 8.39. The molecule has 0 saturated heterocycles. The van der Waals surface area contributed by atoms with Crippen molar-refractivity contribution in [2.45, 2.75) is 13.8 Å². The third kappa shape index (κ3) is 7.51. The van der Waals surface area contributed by atoms with E-state index in [0.29, 0.717) is 5.70 Å². The lowest BCUT2D eigenvalue weighted by atomic mass is 10.4. The van der Waals surface area contributed by atoms with E-state index in [0.717, 1.165) is 0 Å². The van der Waals surface area contributed by atoms with Crippen LogP contribution in [-0.2, 0) is 9.36 Å². The Morgan fingerprint density at radius 3 is 2.42 bits per heavy atom. The van der Waals surface area contributed by atoms with Crippen LogP contribution in [0.3, 0.4) is 0 Å². The van der Waals surface area contributed by atoms with Gasteiger partial charge in [0.25, 0.3) is 0 Å². The van der Waals surface area contributed by atoms with Crippen LogP contribution >= 0.6 is 7.37 Å². The summed E-state index contributed by atoms with van der Waals surface area (Å²) in [5.74, 6) is -0.173. The third-order valence-electron chi connectivity index (χ3n) is 1.11. The van der Waals surface area contributed by atoms with Gasteiger partial charge < -0.3 is 10.2 Å². The van der Waals surface area contributed by atoms with Crippen molar-refractivity contribution >= 4 is 13.3 Å². The van der Waals surface area contributed by atoms with Crippen LogP contribution in [0.4, 0.5) is 0 Å². The van der Waals surface area contributed by atoms with E-state index in [1.807, 2.05) is 0 Å². The minimum Gasteiger partial charge on any atom is -0.344 e. The Hall–Kier alpha value is -0.600. The number of hydrogen-bond donors (Lipinski definition) is 2. The largest absolute Gasteiger partial charge is 0.344 e. The van der Waals surface area contributed by atoms with E-state index in [4.69, 9.17) is 4.89 Å². The molecule has 0 aliphatic rings. The van der Waals surface area contributed by atoms with Crippen molar-refractivity contribution in [2.75, 3.05) is 12.8 Å². The van der Waals surface area contributed by atoms with Gasteiger partial charge in [0.05, 0.1) is 0 Å². The second kappa shape index (κ2) is 4.43. The van der Waals surface area contributed by atoms with Gasteiger partial charge in [-0.1, -0.05) is 6.08 Å². The quantitative estimate of drug-likeness (QED) is 0.652. The molecule has 0 rings (SSSR count). The fourth-order valence-electron chi connectivity index (χ4n) is 0.635. The van der Waals surface area contributed by atoms with Crippen molar-refractivity contribution in [1.29, 1.82) is 0 Å². The van der Waals surface area contributed by atoms with Crippen molar-refractivity contribution in [3.8, 4) is 0 Å². The molecule has 0 fully saturated rings. The van der Waals surface area contributed by atoms with E-state index in [9.17, 15) is 9.36 Å². The summed E-state index contributed by atoms with van der Waals surface area (Å²) in [7, 11) is -2.99. The first-order valence-electron chi connectivity index (χ1n) is 3.55. The molecular formula is C7H14NO3P. The molecule has 1 atom stereocenters. The molecule has 0 radical (unpaired) electrons. The first-order chi connectivity index (χ1) is 5.31. The highest BCUT2D eigenvalue weighted by Crippen LogP contribution is 2.34. The van der Waals surface area contributed by atoms with E-state index in [-0.39, 0.29) is 12.1 Å². The molecular weight excluding hydrogens is 177 g/mol. The van der Waals surface area contributed by atoms with Gasteiger partial charge in [-0.25, -0.2) is 0 Å². The van der Waals surface area contributed by atoms with E-state index >= 15 is 0 Å². The van der Waals surface area contributed by atoms with Gasteiger partial charge in [-0.05, 0) is 6.92 Å². The number of carbonyl (C=O) groups is 1. The molecule has 1 amide bonds. The van der Waals surface area contributed by atoms with Crippen LogP contribution in [0.1, 0.15) is 13.8 Å². The van der Waals surface area contributed by atoms with Crippen LogP contribution < -0.4 is 5.32 Å². The van der Waals surface area contributed by atoms with E-state index in [2.05, 4.69) is 5.32 Å². The number of hydrogen-bond acceptors (Lipinski definition) is 2. The first kappa shape index (κ1) is 11.4. The second-order valence-corrected chi connectivity index (χ2v) is 5.27. The molecule has 2 N–H and O–H groups in total. The SMILES string of the molecule is CC(=O)N/C(C)=C\CP(C)(=O)O. The smallest absolute Gasteiger partial charge is 0.220 e. The summed E-state index contributed by atoms with van der Waals surface area (Å²) in [4.78, 5) is 19.4. The summed E-state index contributed by atoms with van der Waals surface area (Å²) >= 11 is 0. The Kier molecular flexibility index (Phi) is 4.21. The second-order valence-electron chi connectivity index (χ2n) is 2.80. The van der Waals surface area contributed by atoms with Crippen LogP contribution in [0.5, 0.6) is 0 Å². The minimum absolute atomic E-state index is 0.0963. The molecule has 0 aromatic heterocycles. The molecule has 0 aliphatic heterocycles. The van der Waals surface area contributed by atoms with E-state index in [1.54, 1.807) is 13.0 Å². The van der Waals surface area contributed by atoms with Crippen molar-refractivity contribution in [2.24, 2.45) is 0 Å². The van der Waals surface area contributed by atoms with Crippen molar-refractivity contribution < 1.29 is 14.3 Å². The highest BCUT2D eigenvalue weighted by atomic mass is 31.2. The highest BCUT2D eigenvalue weighted by molar-refractivity contribution is 7.57.